The van der Waals surface area contributed by atoms with Gasteiger partial charge in [-0.15, -0.1) is 11.3 Å². The SMILES string of the molecule is O=C(C1CCC(Cn2c(=O)[nH]c3ccsc3c2=O)CC1)N1CCc2ccccc2C1. The largest absolute Gasteiger partial charge is 0.338 e. The highest BCUT2D eigenvalue weighted by Crippen LogP contribution is 2.32. The number of aromatic amines is 1. The number of carbonyl (C=O) groups excluding carboxylic acids is 1. The van der Waals surface area contributed by atoms with Crippen LogP contribution in [-0.2, 0) is 24.3 Å². The topological polar surface area (TPSA) is 75.2 Å². The van der Waals surface area contributed by atoms with Crippen molar-refractivity contribution in [2.75, 3.05) is 6.54 Å². The van der Waals surface area contributed by atoms with Crippen LogP contribution in [0.4, 0.5) is 0 Å². The number of amides is 1. The van der Waals surface area contributed by atoms with E-state index in [9.17, 15) is 14.4 Å². The van der Waals surface area contributed by atoms with E-state index in [4.69, 9.17) is 0 Å². The lowest BCUT2D eigenvalue weighted by Crippen LogP contribution is -2.41. The maximum Gasteiger partial charge on any atom is 0.328 e. The van der Waals surface area contributed by atoms with Crippen molar-refractivity contribution in [1.29, 1.82) is 0 Å². The number of nitrogens with one attached hydrogen (secondary N) is 1. The van der Waals surface area contributed by atoms with Crippen LogP contribution < -0.4 is 11.2 Å². The van der Waals surface area contributed by atoms with Gasteiger partial charge in [-0.25, -0.2) is 4.79 Å². The molecule has 1 aliphatic carbocycles. The average Bonchev–Trinajstić information content (AvgIpc) is 3.25. The number of nitrogens with zero attached hydrogens (tertiary/aromatic N) is 2. The summed E-state index contributed by atoms with van der Waals surface area (Å²) in [6.07, 6.45) is 4.32. The minimum absolute atomic E-state index is 0.0568. The van der Waals surface area contributed by atoms with Gasteiger partial charge in [0.15, 0.2) is 0 Å². The van der Waals surface area contributed by atoms with Crippen LogP contribution in [-0.4, -0.2) is 26.9 Å². The molecule has 2 aromatic heterocycles. The molecule has 0 bridgehead atoms. The number of thiophene rings is 1. The number of fused-ring (bicyclic) bond motifs is 2. The van der Waals surface area contributed by atoms with Gasteiger partial charge in [-0.05, 0) is 60.6 Å². The second-order valence-electron chi connectivity index (χ2n) is 8.51. The molecular weight excluding hydrogens is 398 g/mol. The van der Waals surface area contributed by atoms with Gasteiger partial charge >= 0.3 is 5.69 Å². The molecule has 5 rings (SSSR count). The fraction of sp³-hybridized carbons (Fsp3) is 0.435. The summed E-state index contributed by atoms with van der Waals surface area (Å²) in [5.41, 5.74) is 2.69. The summed E-state index contributed by atoms with van der Waals surface area (Å²) in [6.45, 7) is 1.93. The van der Waals surface area contributed by atoms with Crippen LogP contribution in [0.3, 0.4) is 0 Å². The zero-order valence-electron chi connectivity index (χ0n) is 16.8. The predicted octanol–water partition coefficient (Wildman–Crippen LogP) is 3.14. The Hall–Kier alpha value is -2.67. The first kappa shape index (κ1) is 19.3. The van der Waals surface area contributed by atoms with E-state index < -0.39 is 0 Å². The molecule has 1 amide bonds. The number of hydrogen-bond donors (Lipinski definition) is 1. The quantitative estimate of drug-likeness (QED) is 0.703. The highest BCUT2D eigenvalue weighted by molar-refractivity contribution is 7.17. The Morgan fingerprint density at radius 3 is 2.63 bits per heavy atom. The van der Waals surface area contributed by atoms with Gasteiger partial charge < -0.3 is 9.88 Å². The Balaban J connectivity index is 1.22. The number of H-pyrrole nitrogens is 1. The first-order valence-electron chi connectivity index (χ1n) is 10.7. The Bertz CT molecular complexity index is 1200. The Morgan fingerprint density at radius 2 is 1.83 bits per heavy atom. The maximum absolute atomic E-state index is 13.1. The molecule has 1 saturated carbocycles. The number of aromatic nitrogens is 2. The molecule has 0 spiro atoms. The highest BCUT2D eigenvalue weighted by Gasteiger charge is 2.31. The van der Waals surface area contributed by atoms with Crippen LogP contribution in [0.25, 0.3) is 10.2 Å². The summed E-state index contributed by atoms with van der Waals surface area (Å²) in [6, 6.07) is 10.1. The predicted molar refractivity (Wildman–Crippen MR) is 118 cm³/mol. The maximum atomic E-state index is 13.1. The number of hydrogen-bond acceptors (Lipinski definition) is 4. The third-order valence-electron chi connectivity index (χ3n) is 6.67. The molecular formula is C23H25N3O3S. The fourth-order valence-corrected chi connectivity index (χ4v) is 5.73. The molecule has 1 aliphatic heterocycles. The first-order chi connectivity index (χ1) is 14.6. The zero-order valence-corrected chi connectivity index (χ0v) is 17.6. The van der Waals surface area contributed by atoms with E-state index in [0.717, 1.165) is 38.6 Å². The molecule has 1 N–H and O–H groups in total. The van der Waals surface area contributed by atoms with Gasteiger partial charge in [0, 0.05) is 25.6 Å². The summed E-state index contributed by atoms with van der Waals surface area (Å²) in [7, 11) is 0. The third kappa shape index (κ3) is 3.51. The molecule has 1 fully saturated rings. The minimum Gasteiger partial charge on any atom is -0.338 e. The van der Waals surface area contributed by atoms with Gasteiger partial charge in [-0.1, -0.05) is 24.3 Å². The highest BCUT2D eigenvalue weighted by atomic mass is 32.1. The van der Waals surface area contributed by atoms with E-state index >= 15 is 0 Å². The van der Waals surface area contributed by atoms with Crippen LogP contribution in [0.5, 0.6) is 0 Å². The molecule has 0 atom stereocenters. The minimum atomic E-state index is -0.337. The Morgan fingerprint density at radius 1 is 1.07 bits per heavy atom. The summed E-state index contributed by atoms with van der Waals surface area (Å²) in [4.78, 5) is 42.9. The van der Waals surface area contributed by atoms with Crippen LogP contribution in [0.1, 0.15) is 36.8 Å². The van der Waals surface area contributed by atoms with Crippen molar-refractivity contribution in [3.63, 3.8) is 0 Å². The molecule has 0 unspecified atom stereocenters. The second kappa shape index (κ2) is 7.87. The molecule has 6 nitrogen and oxygen atoms in total. The van der Waals surface area contributed by atoms with Crippen LogP contribution in [0.15, 0.2) is 45.3 Å². The van der Waals surface area contributed by atoms with E-state index in [0.29, 0.717) is 23.3 Å². The van der Waals surface area contributed by atoms with Crippen molar-refractivity contribution < 1.29 is 4.79 Å². The number of carbonyl (C=O) groups is 1. The molecule has 3 aromatic rings. The molecule has 30 heavy (non-hydrogen) atoms. The molecule has 3 heterocycles. The van der Waals surface area contributed by atoms with Crippen molar-refractivity contribution >= 4 is 27.5 Å². The number of rotatable bonds is 3. The van der Waals surface area contributed by atoms with Crippen LogP contribution in [0.2, 0.25) is 0 Å². The fourth-order valence-electron chi connectivity index (χ4n) is 4.93. The zero-order chi connectivity index (χ0) is 20.7. The Kier molecular flexibility index (Phi) is 5.06. The summed E-state index contributed by atoms with van der Waals surface area (Å²) in [5, 5.41) is 1.82. The number of benzene rings is 1. The van der Waals surface area contributed by atoms with E-state index in [1.54, 1.807) is 6.07 Å². The van der Waals surface area contributed by atoms with E-state index in [-0.39, 0.29) is 29.0 Å². The van der Waals surface area contributed by atoms with E-state index in [2.05, 4.69) is 23.2 Å². The second-order valence-corrected chi connectivity index (χ2v) is 9.42. The van der Waals surface area contributed by atoms with Crippen molar-refractivity contribution in [2.24, 2.45) is 11.8 Å². The molecule has 0 saturated heterocycles. The lowest BCUT2D eigenvalue weighted by Gasteiger charge is -2.34. The standard InChI is InChI=1S/C23H25N3O3S/c27-21(25-11-9-16-3-1-2-4-18(16)14-25)17-7-5-15(6-8-17)13-26-22(28)20-19(10-12-30-20)24-23(26)29/h1-4,10,12,15,17H,5-9,11,13-14H2,(H,24,29). The molecule has 0 radical (unpaired) electrons. The van der Waals surface area contributed by atoms with Crippen molar-refractivity contribution in [2.45, 2.75) is 45.2 Å². The normalized spacial score (nSPS) is 21.5. The first-order valence-corrected chi connectivity index (χ1v) is 11.5. The van der Waals surface area contributed by atoms with Gasteiger partial charge in [0.1, 0.15) is 4.70 Å². The van der Waals surface area contributed by atoms with E-state index in [1.807, 2.05) is 16.3 Å². The summed E-state index contributed by atoms with van der Waals surface area (Å²) < 4.78 is 1.94. The summed E-state index contributed by atoms with van der Waals surface area (Å²) >= 11 is 1.36. The van der Waals surface area contributed by atoms with Crippen LogP contribution >= 0.6 is 11.3 Å². The Labute approximate surface area is 178 Å². The van der Waals surface area contributed by atoms with Gasteiger partial charge in [-0.3, -0.25) is 14.2 Å². The van der Waals surface area contributed by atoms with Gasteiger partial charge in [0.25, 0.3) is 5.56 Å². The van der Waals surface area contributed by atoms with E-state index in [1.165, 1.54) is 27.0 Å². The molecule has 156 valence electrons. The molecule has 2 aliphatic rings. The molecule has 1 aromatic carbocycles. The third-order valence-corrected chi connectivity index (χ3v) is 7.57. The van der Waals surface area contributed by atoms with Crippen molar-refractivity contribution in [1.82, 2.24) is 14.5 Å². The lowest BCUT2D eigenvalue weighted by atomic mass is 9.81. The van der Waals surface area contributed by atoms with Crippen molar-refractivity contribution in [3.05, 3.63) is 67.7 Å². The van der Waals surface area contributed by atoms with Crippen LogP contribution in [0, 0.1) is 11.8 Å². The van der Waals surface area contributed by atoms with Gasteiger partial charge in [0.2, 0.25) is 5.91 Å². The average molecular weight is 424 g/mol. The smallest absolute Gasteiger partial charge is 0.328 e. The monoisotopic (exact) mass is 423 g/mol. The van der Waals surface area contributed by atoms with Gasteiger partial charge in [0.05, 0.1) is 5.52 Å². The summed E-state index contributed by atoms with van der Waals surface area (Å²) in [5.74, 6) is 0.576. The van der Waals surface area contributed by atoms with Gasteiger partial charge in [-0.2, -0.15) is 0 Å². The lowest BCUT2D eigenvalue weighted by molar-refractivity contribution is -0.137. The van der Waals surface area contributed by atoms with Crippen molar-refractivity contribution in [3.8, 4) is 0 Å². The molecule has 7 heteroatoms.